The van der Waals surface area contributed by atoms with Crippen LogP contribution in [0.15, 0.2) is 18.6 Å². The molecule has 26 heavy (non-hydrogen) atoms. The highest BCUT2D eigenvalue weighted by Gasteiger charge is 2.28. The van der Waals surface area contributed by atoms with Gasteiger partial charge in [-0.15, -0.1) is 0 Å². The fraction of sp³-hybridized carbons (Fsp3) is 0.471. The number of rotatable bonds is 5. The van der Waals surface area contributed by atoms with Crippen LogP contribution >= 0.6 is 0 Å². The van der Waals surface area contributed by atoms with E-state index in [2.05, 4.69) is 25.5 Å². The quantitative estimate of drug-likeness (QED) is 0.800. The summed E-state index contributed by atoms with van der Waals surface area (Å²) in [6, 6.07) is 0. The molecule has 0 saturated carbocycles. The molecular formula is C17H22N6O3. The van der Waals surface area contributed by atoms with E-state index < -0.39 is 0 Å². The summed E-state index contributed by atoms with van der Waals surface area (Å²) in [5.74, 6) is -0.146. The molecule has 9 heteroatoms. The van der Waals surface area contributed by atoms with Gasteiger partial charge in [0.25, 0.3) is 5.91 Å². The second-order valence-corrected chi connectivity index (χ2v) is 6.19. The lowest BCUT2D eigenvalue weighted by molar-refractivity contribution is -0.118. The van der Waals surface area contributed by atoms with Crippen LogP contribution in [0, 0.1) is 6.92 Å². The van der Waals surface area contributed by atoms with Gasteiger partial charge >= 0.3 is 0 Å². The number of hydrogen-bond donors (Lipinski definition) is 2. The van der Waals surface area contributed by atoms with E-state index in [0.717, 1.165) is 11.4 Å². The first kappa shape index (κ1) is 18.0. The number of nitrogens with zero attached hydrogens (tertiary/aromatic N) is 4. The second-order valence-electron chi connectivity index (χ2n) is 6.19. The van der Waals surface area contributed by atoms with Crippen LogP contribution in [-0.2, 0) is 16.0 Å². The van der Waals surface area contributed by atoms with Crippen molar-refractivity contribution in [1.29, 1.82) is 0 Å². The average molecular weight is 358 g/mol. The first-order chi connectivity index (χ1) is 12.5. The third kappa shape index (κ3) is 4.23. The fourth-order valence-corrected chi connectivity index (χ4v) is 2.81. The summed E-state index contributed by atoms with van der Waals surface area (Å²) in [6.07, 6.45) is 5.14. The third-order valence-electron chi connectivity index (χ3n) is 4.20. The largest absolute Gasteiger partial charge is 0.368 e. The van der Waals surface area contributed by atoms with Gasteiger partial charge in [0.15, 0.2) is 0 Å². The molecule has 1 fully saturated rings. The van der Waals surface area contributed by atoms with Crippen LogP contribution in [0.4, 0.5) is 0 Å². The van der Waals surface area contributed by atoms with E-state index in [1.165, 1.54) is 6.92 Å². The first-order valence-electron chi connectivity index (χ1n) is 8.50. The van der Waals surface area contributed by atoms with Crippen molar-refractivity contribution < 1.29 is 14.3 Å². The van der Waals surface area contributed by atoms with E-state index in [0.29, 0.717) is 43.9 Å². The molecule has 9 nitrogen and oxygen atoms in total. The molecule has 1 aliphatic heterocycles. The topological polar surface area (TPSA) is 113 Å². The Morgan fingerprint density at radius 1 is 1.38 bits per heavy atom. The van der Waals surface area contributed by atoms with Gasteiger partial charge in [0.1, 0.15) is 6.10 Å². The zero-order valence-electron chi connectivity index (χ0n) is 14.9. The number of ether oxygens (including phenoxy) is 1. The van der Waals surface area contributed by atoms with Crippen LogP contribution in [0.1, 0.15) is 40.5 Å². The van der Waals surface area contributed by atoms with Gasteiger partial charge in [-0.3, -0.25) is 24.7 Å². The molecule has 3 heterocycles. The van der Waals surface area contributed by atoms with Gasteiger partial charge in [-0.1, -0.05) is 0 Å². The molecule has 1 atom stereocenters. The van der Waals surface area contributed by atoms with Crippen LogP contribution < -0.4 is 5.32 Å². The van der Waals surface area contributed by atoms with Crippen molar-refractivity contribution in [3.8, 4) is 0 Å². The number of morpholine rings is 1. The highest BCUT2D eigenvalue weighted by atomic mass is 16.5. The molecule has 1 saturated heterocycles. The van der Waals surface area contributed by atoms with Crippen LogP contribution in [0.2, 0.25) is 0 Å². The number of aromatic nitrogens is 4. The van der Waals surface area contributed by atoms with Gasteiger partial charge in [0.05, 0.1) is 42.5 Å². The van der Waals surface area contributed by atoms with Gasteiger partial charge < -0.3 is 15.0 Å². The molecule has 3 rings (SSSR count). The zero-order valence-corrected chi connectivity index (χ0v) is 14.9. The maximum Gasteiger partial charge on any atom is 0.257 e. The Bertz CT molecular complexity index is 790. The molecule has 0 aromatic carbocycles. The van der Waals surface area contributed by atoms with Crippen LogP contribution in [-0.4, -0.2) is 63.1 Å². The number of aromatic amines is 1. The standard InChI is InChI=1S/C17H22N6O3/c1-11-14(8-20-22-11)17(25)23-5-6-26-16(10-23)15-9-18-7-13(21-15)3-4-19-12(2)24/h7-9,16H,3-6,10H2,1-2H3,(H,19,24)(H,20,22). The number of carbonyl (C=O) groups excluding carboxylic acids is 2. The van der Waals surface area contributed by atoms with E-state index in [1.807, 2.05) is 6.92 Å². The summed E-state index contributed by atoms with van der Waals surface area (Å²) < 4.78 is 5.80. The van der Waals surface area contributed by atoms with Gasteiger partial charge in [-0.05, 0) is 6.92 Å². The highest BCUT2D eigenvalue weighted by Crippen LogP contribution is 2.22. The Balaban J connectivity index is 1.66. The first-order valence-corrected chi connectivity index (χ1v) is 8.50. The zero-order chi connectivity index (χ0) is 18.5. The van der Waals surface area contributed by atoms with Crippen molar-refractivity contribution in [2.24, 2.45) is 0 Å². The third-order valence-corrected chi connectivity index (χ3v) is 4.20. The van der Waals surface area contributed by atoms with Crippen molar-refractivity contribution in [1.82, 2.24) is 30.4 Å². The van der Waals surface area contributed by atoms with Crippen LogP contribution in [0.3, 0.4) is 0 Å². The number of aryl methyl sites for hydroxylation is 1. The molecule has 2 amide bonds. The number of amides is 2. The van der Waals surface area contributed by atoms with Crippen LogP contribution in [0.5, 0.6) is 0 Å². The second kappa shape index (κ2) is 8.05. The van der Waals surface area contributed by atoms with E-state index >= 15 is 0 Å². The lowest BCUT2D eigenvalue weighted by atomic mass is 10.1. The normalized spacial score (nSPS) is 17.2. The van der Waals surface area contributed by atoms with Crippen LogP contribution in [0.25, 0.3) is 0 Å². The molecule has 0 radical (unpaired) electrons. The Morgan fingerprint density at radius 2 is 2.23 bits per heavy atom. The average Bonchev–Trinajstić information content (AvgIpc) is 3.07. The van der Waals surface area contributed by atoms with E-state index in [1.54, 1.807) is 23.5 Å². The van der Waals surface area contributed by atoms with E-state index in [9.17, 15) is 9.59 Å². The van der Waals surface area contributed by atoms with Crippen molar-refractivity contribution in [3.63, 3.8) is 0 Å². The number of carbonyl (C=O) groups is 2. The summed E-state index contributed by atoms with van der Waals surface area (Å²) in [7, 11) is 0. The maximum atomic E-state index is 12.7. The molecule has 0 bridgehead atoms. The number of H-pyrrole nitrogens is 1. The summed E-state index contributed by atoms with van der Waals surface area (Å²) >= 11 is 0. The molecule has 0 spiro atoms. The van der Waals surface area contributed by atoms with Crippen molar-refractivity contribution in [2.45, 2.75) is 26.4 Å². The van der Waals surface area contributed by atoms with Gasteiger partial charge in [0.2, 0.25) is 5.91 Å². The molecule has 2 N–H and O–H groups in total. The van der Waals surface area contributed by atoms with E-state index in [-0.39, 0.29) is 17.9 Å². The fourth-order valence-electron chi connectivity index (χ4n) is 2.81. The molecule has 2 aromatic heterocycles. The minimum absolute atomic E-state index is 0.0701. The number of nitrogens with one attached hydrogen (secondary N) is 2. The predicted molar refractivity (Wildman–Crippen MR) is 92.3 cm³/mol. The minimum atomic E-state index is -0.326. The molecular weight excluding hydrogens is 336 g/mol. The summed E-state index contributed by atoms with van der Waals surface area (Å²) in [5.41, 5.74) is 2.78. The smallest absolute Gasteiger partial charge is 0.257 e. The molecule has 1 aliphatic rings. The van der Waals surface area contributed by atoms with Gasteiger partial charge in [-0.25, -0.2) is 0 Å². The Morgan fingerprint density at radius 3 is 2.96 bits per heavy atom. The predicted octanol–water partition coefficient (Wildman–Crippen LogP) is 0.400. The molecule has 2 aromatic rings. The summed E-state index contributed by atoms with van der Waals surface area (Å²) in [6.45, 7) is 5.17. The molecule has 0 aliphatic carbocycles. The maximum absolute atomic E-state index is 12.7. The lowest BCUT2D eigenvalue weighted by Crippen LogP contribution is -2.42. The van der Waals surface area contributed by atoms with Crippen molar-refractivity contribution in [2.75, 3.05) is 26.2 Å². The Labute approximate surface area is 151 Å². The lowest BCUT2D eigenvalue weighted by Gasteiger charge is -2.32. The minimum Gasteiger partial charge on any atom is -0.368 e. The summed E-state index contributed by atoms with van der Waals surface area (Å²) in [5, 5.41) is 9.43. The van der Waals surface area contributed by atoms with Gasteiger partial charge in [0, 0.05) is 38.3 Å². The molecule has 138 valence electrons. The number of hydrogen-bond acceptors (Lipinski definition) is 6. The van der Waals surface area contributed by atoms with E-state index in [4.69, 9.17) is 4.74 Å². The monoisotopic (exact) mass is 358 g/mol. The van der Waals surface area contributed by atoms with Crippen molar-refractivity contribution >= 4 is 11.8 Å². The van der Waals surface area contributed by atoms with Gasteiger partial charge in [-0.2, -0.15) is 5.10 Å². The summed E-state index contributed by atoms with van der Waals surface area (Å²) in [4.78, 5) is 34.2. The Kier molecular flexibility index (Phi) is 5.57. The Hall–Kier alpha value is -2.81. The van der Waals surface area contributed by atoms with Crippen molar-refractivity contribution in [3.05, 3.63) is 41.2 Å². The SMILES string of the molecule is CC(=O)NCCc1cncc(C2CN(C(=O)c3cn[nH]c3C)CCO2)n1. The molecule has 1 unspecified atom stereocenters. The highest BCUT2D eigenvalue weighted by molar-refractivity contribution is 5.95.